The maximum absolute atomic E-state index is 14.7. The standard InChI is InChI=1S/C26H28F4N6O/c1-16(26(28,29)30)24-18-7-4-8-21(33-22-9-12-35(2)15-20(22)27)19(18)14-17(32-24)6-5-11-31-25(37)23-10-13-36(3)34-23/h4-8,10,13-14,20,22,33H,1,9,11-12,15H2,2-3H3,(H,31,37)/b6-5+/t20-,22+/m0/s1. The zero-order chi connectivity index (χ0) is 26.7. The van der Waals surface area contributed by atoms with Crippen LogP contribution in [0.5, 0.6) is 0 Å². The maximum atomic E-state index is 14.7. The van der Waals surface area contributed by atoms with Gasteiger partial charge in [-0.25, -0.2) is 9.37 Å². The molecule has 2 aromatic heterocycles. The number of fused-ring (bicyclic) bond motifs is 1. The normalized spacial score (nSPS) is 18.9. The van der Waals surface area contributed by atoms with Crippen molar-refractivity contribution in [3.05, 3.63) is 66.3 Å². The number of piperidine rings is 1. The van der Waals surface area contributed by atoms with Crippen molar-refractivity contribution in [2.24, 2.45) is 7.05 Å². The number of likely N-dealkylation sites (tertiary alicyclic amines) is 1. The summed E-state index contributed by atoms with van der Waals surface area (Å²) in [6.45, 7) is 4.34. The predicted molar refractivity (Wildman–Crippen MR) is 136 cm³/mol. The van der Waals surface area contributed by atoms with E-state index in [0.29, 0.717) is 24.0 Å². The van der Waals surface area contributed by atoms with Crippen LogP contribution < -0.4 is 10.6 Å². The molecule has 1 aliphatic heterocycles. The zero-order valence-electron chi connectivity index (χ0n) is 20.5. The quantitative estimate of drug-likeness (QED) is 0.454. The number of anilines is 1. The number of benzene rings is 1. The number of amides is 1. The molecule has 1 aliphatic rings. The van der Waals surface area contributed by atoms with Gasteiger partial charge in [0.1, 0.15) is 11.9 Å². The van der Waals surface area contributed by atoms with Gasteiger partial charge in [0.15, 0.2) is 0 Å². The second kappa shape index (κ2) is 10.7. The highest BCUT2D eigenvalue weighted by atomic mass is 19.4. The Kier molecular flexibility index (Phi) is 7.63. The first-order chi connectivity index (χ1) is 17.5. The molecule has 7 nitrogen and oxygen atoms in total. The van der Waals surface area contributed by atoms with E-state index < -0.39 is 24.0 Å². The number of nitrogens with zero attached hydrogens (tertiary/aromatic N) is 4. The van der Waals surface area contributed by atoms with Crippen molar-refractivity contribution in [1.29, 1.82) is 0 Å². The first-order valence-electron chi connectivity index (χ1n) is 11.8. The predicted octanol–water partition coefficient (Wildman–Crippen LogP) is 4.44. The number of allylic oxidation sites excluding steroid dienone is 1. The van der Waals surface area contributed by atoms with Crippen LogP contribution in [0.2, 0.25) is 0 Å². The Bertz CT molecular complexity index is 1330. The van der Waals surface area contributed by atoms with Crippen LogP contribution in [0.4, 0.5) is 23.2 Å². The number of carbonyl (C=O) groups is 1. The average Bonchev–Trinajstić information content (AvgIpc) is 3.28. The van der Waals surface area contributed by atoms with Gasteiger partial charge >= 0.3 is 6.18 Å². The summed E-state index contributed by atoms with van der Waals surface area (Å²) in [6.07, 6.45) is -0.497. The molecule has 2 N–H and O–H groups in total. The summed E-state index contributed by atoms with van der Waals surface area (Å²) in [4.78, 5) is 18.3. The Morgan fingerprint density at radius 1 is 1.24 bits per heavy atom. The Hall–Kier alpha value is -3.73. The third-order valence-corrected chi connectivity index (χ3v) is 6.22. The molecule has 3 aromatic rings. The summed E-state index contributed by atoms with van der Waals surface area (Å²) in [7, 11) is 3.54. The number of hydrogen-bond acceptors (Lipinski definition) is 5. The van der Waals surface area contributed by atoms with Gasteiger partial charge in [-0.15, -0.1) is 0 Å². The largest absolute Gasteiger partial charge is 0.417 e. The Morgan fingerprint density at radius 2 is 2.03 bits per heavy atom. The minimum absolute atomic E-state index is 0.115. The molecule has 0 spiro atoms. The SMILES string of the molecule is C=C(c1nc(/C=C/CNC(=O)c2ccn(C)n2)cc2c(N[C@@H]3CCN(C)C[C@@H]3F)cccc12)C(F)(F)F. The van der Waals surface area contributed by atoms with Gasteiger partial charge in [-0.05, 0) is 37.7 Å². The van der Waals surface area contributed by atoms with E-state index in [9.17, 15) is 22.4 Å². The maximum Gasteiger partial charge on any atom is 0.417 e. The fraction of sp³-hybridized carbons (Fsp3) is 0.346. The number of halogens is 4. The van der Waals surface area contributed by atoms with Crippen LogP contribution in [0.15, 0.2) is 49.2 Å². The summed E-state index contributed by atoms with van der Waals surface area (Å²) >= 11 is 0. The molecule has 0 saturated carbocycles. The van der Waals surface area contributed by atoms with Crippen LogP contribution in [-0.2, 0) is 7.05 Å². The van der Waals surface area contributed by atoms with E-state index >= 15 is 0 Å². The van der Waals surface area contributed by atoms with Crippen molar-refractivity contribution < 1.29 is 22.4 Å². The summed E-state index contributed by atoms with van der Waals surface area (Å²) in [5.74, 6) is -0.381. The van der Waals surface area contributed by atoms with Gasteiger partial charge in [0.05, 0.1) is 23.0 Å². The number of aryl methyl sites for hydroxylation is 1. The molecule has 0 bridgehead atoms. The second-order valence-electron chi connectivity index (χ2n) is 9.08. The molecule has 11 heteroatoms. The fourth-order valence-corrected chi connectivity index (χ4v) is 4.25. The van der Waals surface area contributed by atoms with Crippen molar-refractivity contribution in [3.8, 4) is 0 Å². The van der Waals surface area contributed by atoms with E-state index in [1.807, 2.05) is 11.9 Å². The van der Waals surface area contributed by atoms with Crippen LogP contribution >= 0.6 is 0 Å². The zero-order valence-corrected chi connectivity index (χ0v) is 20.5. The highest BCUT2D eigenvalue weighted by Crippen LogP contribution is 2.37. The second-order valence-corrected chi connectivity index (χ2v) is 9.08. The van der Waals surface area contributed by atoms with Gasteiger partial charge in [0.25, 0.3) is 5.91 Å². The lowest BCUT2D eigenvalue weighted by Gasteiger charge is -2.33. The van der Waals surface area contributed by atoms with Crippen LogP contribution in [-0.4, -0.2) is 70.6 Å². The molecule has 196 valence electrons. The van der Waals surface area contributed by atoms with Crippen molar-refractivity contribution in [3.63, 3.8) is 0 Å². The Balaban J connectivity index is 1.63. The third kappa shape index (κ3) is 6.16. The lowest BCUT2D eigenvalue weighted by molar-refractivity contribution is -0.0688. The number of hydrogen-bond donors (Lipinski definition) is 2. The fourth-order valence-electron chi connectivity index (χ4n) is 4.25. The molecule has 0 aliphatic carbocycles. The molecule has 1 fully saturated rings. The van der Waals surface area contributed by atoms with Gasteiger partial charge in [0.2, 0.25) is 0 Å². The highest BCUT2D eigenvalue weighted by molar-refractivity contribution is 6.01. The van der Waals surface area contributed by atoms with Gasteiger partial charge in [-0.2, -0.15) is 18.3 Å². The molecular weight excluding hydrogens is 488 g/mol. The smallest absolute Gasteiger partial charge is 0.379 e. The number of aromatic nitrogens is 3. The molecule has 0 unspecified atom stereocenters. The Labute approximate surface area is 211 Å². The highest BCUT2D eigenvalue weighted by Gasteiger charge is 2.35. The van der Waals surface area contributed by atoms with Crippen LogP contribution in [0, 0.1) is 0 Å². The van der Waals surface area contributed by atoms with Crippen molar-refractivity contribution in [2.75, 3.05) is 32.0 Å². The van der Waals surface area contributed by atoms with E-state index in [2.05, 4.69) is 27.3 Å². The summed E-state index contributed by atoms with van der Waals surface area (Å²) in [5, 5.41) is 10.6. The van der Waals surface area contributed by atoms with Crippen molar-refractivity contribution in [1.82, 2.24) is 25.0 Å². The summed E-state index contributed by atoms with van der Waals surface area (Å²) in [6, 6.07) is 7.62. The van der Waals surface area contributed by atoms with E-state index in [1.165, 1.54) is 10.8 Å². The van der Waals surface area contributed by atoms with E-state index in [1.54, 1.807) is 49.7 Å². The van der Waals surface area contributed by atoms with Gasteiger partial charge < -0.3 is 15.5 Å². The third-order valence-electron chi connectivity index (χ3n) is 6.22. The van der Waals surface area contributed by atoms with Crippen molar-refractivity contribution in [2.45, 2.75) is 24.8 Å². The van der Waals surface area contributed by atoms with Gasteiger partial charge in [-0.3, -0.25) is 9.48 Å². The molecule has 4 rings (SSSR count). The Morgan fingerprint density at radius 3 is 2.70 bits per heavy atom. The number of alkyl halides is 4. The van der Waals surface area contributed by atoms with E-state index in [4.69, 9.17) is 0 Å². The summed E-state index contributed by atoms with van der Waals surface area (Å²) in [5.41, 5.74) is -0.359. The topological polar surface area (TPSA) is 75.1 Å². The van der Waals surface area contributed by atoms with Crippen LogP contribution in [0.3, 0.4) is 0 Å². The monoisotopic (exact) mass is 516 g/mol. The minimum Gasteiger partial charge on any atom is -0.379 e. The number of pyridine rings is 1. The van der Waals surface area contributed by atoms with E-state index in [-0.39, 0.29) is 41.5 Å². The van der Waals surface area contributed by atoms with Gasteiger partial charge in [-0.1, -0.05) is 24.8 Å². The average molecular weight is 517 g/mol. The van der Waals surface area contributed by atoms with Gasteiger partial charge in [0, 0.05) is 49.3 Å². The lowest BCUT2D eigenvalue weighted by atomic mass is 9.99. The van der Waals surface area contributed by atoms with Crippen molar-refractivity contribution >= 4 is 34.0 Å². The molecule has 37 heavy (non-hydrogen) atoms. The number of nitrogens with one attached hydrogen (secondary N) is 2. The molecule has 0 radical (unpaired) electrons. The van der Waals surface area contributed by atoms with E-state index in [0.717, 1.165) is 0 Å². The first kappa shape index (κ1) is 26.3. The lowest BCUT2D eigenvalue weighted by Crippen LogP contribution is -2.46. The molecule has 1 saturated heterocycles. The molecule has 1 aromatic carbocycles. The summed E-state index contributed by atoms with van der Waals surface area (Å²) < 4.78 is 57.1. The first-order valence-corrected chi connectivity index (χ1v) is 11.8. The molecule has 2 atom stereocenters. The number of rotatable bonds is 7. The van der Waals surface area contributed by atoms with Crippen LogP contribution in [0.1, 0.15) is 28.3 Å². The molecule has 3 heterocycles. The minimum atomic E-state index is -4.68. The molecule has 1 amide bonds. The molecular formula is C26H28F4N6O. The van der Waals surface area contributed by atoms with Crippen LogP contribution in [0.25, 0.3) is 22.4 Å². The number of carbonyl (C=O) groups excluding carboxylic acids is 1.